The topological polar surface area (TPSA) is 129 Å². The predicted molar refractivity (Wildman–Crippen MR) is 225 cm³/mol. The zero-order valence-electron chi connectivity index (χ0n) is 32.9. The Morgan fingerprint density at radius 2 is 1.39 bits per heavy atom. The van der Waals surface area contributed by atoms with Crippen LogP contribution in [-0.2, 0) is 24.6 Å². The minimum absolute atomic E-state index is 0.144. The van der Waals surface area contributed by atoms with Crippen LogP contribution >= 0.6 is 0 Å². The highest BCUT2D eigenvalue weighted by atomic mass is 16.5. The van der Waals surface area contributed by atoms with E-state index in [2.05, 4.69) is 10.2 Å². The molecule has 0 aromatic heterocycles. The average molecular weight is 783 g/mol. The number of para-hydroxylation sites is 1. The molecule has 1 saturated carbocycles. The van der Waals surface area contributed by atoms with Crippen LogP contribution in [0.3, 0.4) is 0 Å². The van der Waals surface area contributed by atoms with Crippen LogP contribution in [-0.4, -0.2) is 49.7 Å². The molecule has 59 heavy (non-hydrogen) atoms. The van der Waals surface area contributed by atoms with Gasteiger partial charge in [-0.15, -0.1) is 0 Å². The number of phenolic OH excluding ortho intramolecular Hbond substituents is 1. The van der Waals surface area contributed by atoms with Crippen molar-refractivity contribution in [2.24, 2.45) is 33.9 Å². The van der Waals surface area contributed by atoms with Gasteiger partial charge in [-0.1, -0.05) is 84.4 Å². The molecule has 2 fully saturated rings. The summed E-state index contributed by atoms with van der Waals surface area (Å²) in [5.74, 6) is -4.96. The molecular formula is C49H42N4O6. The SMILES string of the molecule is COc1cccc([C@H]2C3=CC[C@@H]4C(=O)N(c5ccc(N=Nc6ccc(N(C)C)cc6)cc5)C(=O)[C@@H]4[C@@H]3C[C@H]3C(=O)C(c4ccccc4)=CC(=O)[C@@]23c2ccccc2)c1O. The number of fused-ring (bicyclic) bond motifs is 4. The summed E-state index contributed by atoms with van der Waals surface area (Å²) in [5.41, 5.74) is 3.96. The van der Waals surface area contributed by atoms with Crippen LogP contribution < -0.4 is 14.5 Å². The van der Waals surface area contributed by atoms with Crippen molar-refractivity contribution in [1.29, 1.82) is 0 Å². The number of rotatable bonds is 8. The first-order valence-electron chi connectivity index (χ1n) is 19.8. The Kier molecular flexibility index (Phi) is 9.42. The zero-order chi connectivity index (χ0) is 41.0. The minimum atomic E-state index is -1.47. The maximum absolute atomic E-state index is 15.3. The Balaban J connectivity index is 1.13. The monoisotopic (exact) mass is 782 g/mol. The van der Waals surface area contributed by atoms with Crippen molar-refractivity contribution in [2.45, 2.75) is 24.2 Å². The van der Waals surface area contributed by atoms with E-state index in [9.17, 15) is 14.7 Å². The van der Waals surface area contributed by atoms with E-state index in [1.54, 1.807) is 42.5 Å². The molecule has 2 amide bonds. The Morgan fingerprint density at radius 3 is 2.03 bits per heavy atom. The van der Waals surface area contributed by atoms with Gasteiger partial charge in [-0.3, -0.25) is 24.1 Å². The minimum Gasteiger partial charge on any atom is -0.504 e. The van der Waals surface area contributed by atoms with Crippen LogP contribution in [0.1, 0.15) is 35.4 Å². The first-order valence-corrected chi connectivity index (χ1v) is 19.8. The molecule has 6 atom stereocenters. The third kappa shape index (κ3) is 6.00. The molecule has 0 radical (unpaired) electrons. The molecule has 4 aliphatic rings. The van der Waals surface area contributed by atoms with E-state index in [1.165, 1.54) is 18.1 Å². The van der Waals surface area contributed by atoms with Crippen LogP contribution in [0.15, 0.2) is 155 Å². The normalized spacial score (nSPS) is 24.9. The van der Waals surface area contributed by atoms with E-state index in [-0.39, 0.29) is 47.7 Å². The summed E-state index contributed by atoms with van der Waals surface area (Å²) in [7, 11) is 5.39. The van der Waals surface area contributed by atoms with Gasteiger partial charge in [0.25, 0.3) is 0 Å². The summed E-state index contributed by atoms with van der Waals surface area (Å²) in [6.45, 7) is 0. The van der Waals surface area contributed by atoms with Gasteiger partial charge in [0, 0.05) is 42.8 Å². The summed E-state index contributed by atoms with van der Waals surface area (Å²) in [5, 5.41) is 20.6. The number of imide groups is 1. The smallest absolute Gasteiger partial charge is 0.238 e. The number of anilines is 2. The van der Waals surface area contributed by atoms with E-state index in [1.807, 2.05) is 110 Å². The van der Waals surface area contributed by atoms with E-state index < -0.39 is 35.0 Å². The van der Waals surface area contributed by atoms with Crippen LogP contribution in [0.4, 0.5) is 22.7 Å². The molecule has 10 heteroatoms. The van der Waals surface area contributed by atoms with Crippen LogP contribution in [0.25, 0.3) is 5.57 Å². The van der Waals surface area contributed by atoms with E-state index in [0.29, 0.717) is 39.3 Å². The van der Waals surface area contributed by atoms with Gasteiger partial charge in [-0.2, -0.15) is 10.2 Å². The number of hydrogen-bond donors (Lipinski definition) is 1. The maximum atomic E-state index is 15.3. The number of methoxy groups -OCH3 is 1. The number of Topliss-reactive ketones (excluding diaryl/α,β-unsaturated/α-hetero) is 1. The van der Waals surface area contributed by atoms with Gasteiger partial charge in [0.15, 0.2) is 23.1 Å². The average Bonchev–Trinajstić information content (AvgIpc) is 3.53. The number of ketones is 2. The Bertz CT molecular complexity index is 2580. The molecule has 0 spiro atoms. The van der Waals surface area contributed by atoms with Gasteiger partial charge in [0.05, 0.1) is 41.4 Å². The van der Waals surface area contributed by atoms with Crippen molar-refractivity contribution in [2.75, 3.05) is 31.0 Å². The number of phenols is 1. The van der Waals surface area contributed by atoms with Crippen LogP contribution in [0.5, 0.6) is 11.5 Å². The number of ether oxygens (including phenoxy) is 1. The third-order valence-corrected chi connectivity index (χ3v) is 12.7. The third-order valence-electron chi connectivity index (χ3n) is 12.7. The fourth-order valence-corrected chi connectivity index (χ4v) is 10.0. The number of benzene rings is 5. The molecule has 1 N–H and O–H groups in total. The molecular weight excluding hydrogens is 741 g/mol. The van der Waals surface area contributed by atoms with Crippen LogP contribution in [0.2, 0.25) is 0 Å². The molecule has 9 rings (SSSR count). The molecule has 1 aliphatic heterocycles. The van der Waals surface area contributed by atoms with Gasteiger partial charge in [0.2, 0.25) is 11.8 Å². The first kappa shape index (κ1) is 37.6. The van der Waals surface area contributed by atoms with Gasteiger partial charge in [-0.05, 0) is 90.6 Å². The number of aromatic hydroxyl groups is 1. The maximum Gasteiger partial charge on any atom is 0.238 e. The number of carbonyl (C=O) groups is 4. The summed E-state index contributed by atoms with van der Waals surface area (Å²) in [6.07, 6.45) is 3.85. The van der Waals surface area contributed by atoms with E-state index >= 15 is 9.59 Å². The lowest BCUT2D eigenvalue weighted by Crippen LogP contribution is -2.58. The highest BCUT2D eigenvalue weighted by molar-refractivity contribution is 6.32. The van der Waals surface area contributed by atoms with Crippen molar-refractivity contribution < 1.29 is 29.0 Å². The summed E-state index contributed by atoms with van der Waals surface area (Å²) in [4.78, 5) is 62.9. The van der Waals surface area contributed by atoms with Crippen molar-refractivity contribution >= 4 is 51.7 Å². The standard InChI is InChI=1S/C49H42N4O6/c1-52(2)33-21-17-31(18-22-33)50-51-32-19-23-34(24-20-32)53-47(57)36-26-25-35-39(43(36)48(53)58)27-40-45(55)38(29-11-6-4-7-12-29)28-42(54)49(40,30-13-8-5-9-14-30)44(35)37-15-10-16-41(59-3)46(37)56/h4-25,28,36,39-40,43-44,56H,26-27H2,1-3H3/t36-,39+,40-,43-,44+,49-/m0/s1. The molecule has 5 aromatic rings. The Morgan fingerprint density at radius 1 is 0.746 bits per heavy atom. The quantitative estimate of drug-likeness (QED) is 0.0946. The lowest BCUT2D eigenvalue weighted by molar-refractivity contribution is -0.135. The molecule has 1 saturated heterocycles. The van der Waals surface area contributed by atoms with Gasteiger partial charge < -0.3 is 14.7 Å². The van der Waals surface area contributed by atoms with Gasteiger partial charge in [-0.25, -0.2) is 0 Å². The van der Waals surface area contributed by atoms with Crippen molar-refractivity contribution in [3.05, 3.63) is 162 Å². The fraction of sp³-hybridized carbons (Fsp3) is 0.224. The fourth-order valence-electron chi connectivity index (χ4n) is 10.0. The summed E-state index contributed by atoms with van der Waals surface area (Å²) in [6, 6.07) is 38.1. The predicted octanol–water partition coefficient (Wildman–Crippen LogP) is 8.91. The second kappa shape index (κ2) is 14.8. The van der Waals surface area contributed by atoms with Gasteiger partial charge >= 0.3 is 0 Å². The van der Waals surface area contributed by atoms with E-state index in [4.69, 9.17) is 4.74 Å². The molecule has 294 valence electrons. The van der Waals surface area contributed by atoms with E-state index in [0.717, 1.165) is 11.3 Å². The number of azo groups is 1. The molecule has 0 bridgehead atoms. The molecule has 1 heterocycles. The lowest BCUT2D eigenvalue weighted by Gasteiger charge is -2.55. The summed E-state index contributed by atoms with van der Waals surface area (Å²) < 4.78 is 5.58. The second-order valence-electron chi connectivity index (χ2n) is 15.8. The van der Waals surface area contributed by atoms with Crippen molar-refractivity contribution in [3.63, 3.8) is 0 Å². The number of amides is 2. The number of hydrogen-bond acceptors (Lipinski definition) is 9. The number of allylic oxidation sites excluding steroid dienone is 4. The molecule has 10 nitrogen and oxygen atoms in total. The molecule has 0 unspecified atom stereocenters. The highest BCUT2D eigenvalue weighted by Gasteiger charge is 2.66. The second-order valence-corrected chi connectivity index (χ2v) is 15.8. The number of carbonyl (C=O) groups excluding carboxylic acids is 4. The van der Waals surface area contributed by atoms with Crippen molar-refractivity contribution in [3.8, 4) is 11.5 Å². The number of nitrogens with zero attached hydrogens (tertiary/aromatic N) is 4. The van der Waals surface area contributed by atoms with Crippen LogP contribution in [0, 0.1) is 23.7 Å². The Hall–Kier alpha value is -6.94. The first-order chi connectivity index (χ1) is 28.6. The largest absolute Gasteiger partial charge is 0.504 e. The Labute approximate surface area is 342 Å². The molecule has 5 aromatic carbocycles. The van der Waals surface area contributed by atoms with Crippen molar-refractivity contribution in [1.82, 2.24) is 0 Å². The lowest BCUT2D eigenvalue weighted by atomic mass is 9.44. The highest BCUT2D eigenvalue weighted by Crippen LogP contribution is 2.65. The summed E-state index contributed by atoms with van der Waals surface area (Å²) >= 11 is 0. The van der Waals surface area contributed by atoms with Gasteiger partial charge in [0.1, 0.15) is 0 Å². The zero-order valence-corrected chi connectivity index (χ0v) is 32.9. The molecule has 3 aliphatic carbocycles.